The summed E-state index contributed by atoms with van der Waals surface area (Å²) >= 11 is 0. The number of carbonyl (C=O) groups excluding carboxylic acids is 1. The first-order valence-corrected chi connectivity index (χ1v) is 6.61. The predicted octanol–water partition coefficient (Wildman–Crippen LogP) is 0.392. The Balaban J connectivity index is 1.85. The van der Waals surface area contributed by atoms with Crippen LogP contribution in [0.15, 0.2) is 31.0 Å². The molecule has 0 radical (unpaired) electrons. The number of hydrogen-bond donors (Lipinski definition) is 2. The van der Waals surface area contributed by atoms with Gasteiger partial charge in [0.1, 0.15) is 12.7 Å². The van der Waals surface area contributed by atoms with E-state index in [-0.39, 0.29) is 5.91 Å². The Morgan fingerprint density at radius 1 is 1.30 bits per heavy atom. The van der Waals surface area contributed by atoms with E-state index in [1.807, 2.05) is 0 Å². The van der Waals surface area contributed by atoms with Crippen LogP contribution in [0.3, 0.4) is 0 Å². The van der Waals surface area contributed by atoms with Gasteiger partial charge in [0.05, 0.1) is 5.56 Å². The van der Waals surface area contributed by atoms with Gasteiger partial charge in [-0.3, -0.25) is 4.79 Å². The van der Waals surface area contributed by atoms with Crippen LogP contribution in [-0.4, -0.2) is 45.3 Å². The van der Waals surface area contributed by atoms with Crippen molar-refractivity contribution in [2.24, 2.45) is 0 Å². The summed E-state index contributed by atoms with van der Waals surface area (Å²) in [6.07, 6.45) is 5.61. The zero-order valence-electron chi connectivity index (χ0n) is 11.4. The molecule has 0 aliphatic heterocycles. The smallest absolute Gasteiger partial charge is 0.252 e. The molecule has 0 aliphatic rings. The lowest BCUT2D eigenvalue weighted by molar-refractivity contribution is 0.0953. The highest BCUT2D eigenvalue weighted by Crippen LogP contribution is 2.03. The van der Waals surface area contributed by atoms with Gasteiger partial charge < -0.3 is 10.6 Å². The molecule has 0 atom stereocenters. The molecule has 0 aromatic carbocycles. The van der Waals surface area contributed by atoms with Gasteiger partial charge in [-0.2, -0.15) is 5.10 Å². The Kier molecular flexibility index (Phi) is 5.19. The van der Waals surface area contributed by atoms with Crippen LogP contribution in [0.5, 0.6) is 0 Å². The van der Waals surface area contributed by atoms with Crippen LogP contribution in [0, 0.1) is 0 Å². The standard InChI is InChI=1S/C13H18N6O/c1-2-5-14-6-7-16-13(20)11-3-4-12(17-8-11)19-10-15-9-18-19/h3-4,8-10,14H,2,5-7H2,1H3,(H,16,20). The zero-order chi connectivity index (χ0) is 14.2. The summed E-state index contributed by atoms with van der Waals surface area (Å²) in [5.41, 5.74) is 0.532. The van der Waals surface area contributed by atoms with Crippen LogP contribution >= 0.6 is 0 Å². The number of carbonyl (C=O) groups is 1. The number of nitrogens with one attached hydrogen (secondary N) is 2. The third kappa shape index (κ3) is 3.86. The lowest BCUT2D eigenvalue weighted by atomic mass is 10.2. The molecule has 106 valence electrons. The molecule has 2 N–H and O–H groups in total. The summed E-state index contributed by atoms with van der Waals surface area (Å²) in [6.45, 7) is 4.44. The van der Waals surface area contributed by atoms with Crippen LogP contribution in [0.4, 0.5) is 0 Å². The molecule has 0 spiro atoms. The maximum absolute atomic E-state index is 11.9. The molecule has 0 aliphatic carbocycles. The van der Waals surface area contributed by atoms with E-state index < -0.39 is 0 Å². The number of amides is 1. The second-order valence-corrected chi connectivity index (χ2v) is 4.25. The summed E-state index contributed by atoms with van der Waals surface area (Å²) in [6, 6.07) is 3.46. The first-order valence-electron chi connectivity index (χ1n) is 6.61. The first kappa shape index (κ1) is 14.1. The van der Waals surface area contributed by atoms with Crippen molar-refractivity contribution < 1.29 is 4.79 Å². The summed E-state index contributed by atoms with van der Waals surface area (Å²) in [4.78, 5) is 19.9. The Hall–Kier alpha value is -2.28. The van der Waals surface area contributed by atoms with Crippen molar-refractivity contribution in [2.45, 2.75) is 13.3 Å². The minimum atomic E-state index is -0.124. The quantitative estimate of drug-likeness (QED) is 0.714. The van der Waals surface area contributed by atoms with E-state index >= 15 is 0 Å². The molecule has 7 heteroatoms. The number of nitrogens with zero attached hydrogens (tertiary/aromatic N) is 4. The van der Waals surface area contributed by atoms with E-state index in [0.717, 1.165) is 19.5 Å². The van der Waals surface area contributed by atoms with Crippen molar-refractivity contribution in [1.29, 1.82) is 0 Å². The van der Waals surface area contributed by atoms with Crippen molar-refractivity contribution in [2.75, 3.05) is 19.6 Å². The van der Waals surface area contributed by atoms with Crippen molar-refractivity contribution in [1.82, 2.24) is 30.4 Å². The summed E-state index contributed by atoms with van der Waals surface area (Å²) < 4.78 is 1.54. The molecular weight excluding hydrogens is 256 g/mol. The predicted molar refractivity (Wildman–Crippen MR) is 74.6 cm³/mol. The van der Waals surface area contributed by atoms with E-state index in [1.165, 1.54) is 17.2 Å². The molecule has 2 heterocycles. The van der Waals surface area contributed by atoms with E-state index in [1.54, 1.807) is 18.5 Å². The van der Waals surface area contributed by atoms with Gasteiger partial charge in [-0.15, -0.1) is 0 Å². The SMILES string of the molecule is CCCNCCNC(=O)c1ccc(-n2cncn2)nc1. The fraction of sp³-hybridized carbons (Fsp3) is 0.385. The lowest BCUT2D eigenvalue weighted by Crippen LogP contribution is -2.32. The topological polar surface area (TPSA) is 84.7 Å². The Morgan fingerprint density at radius 3 is 2.85 bits per heavy atom. The van der Waals surface area contributed by atoms with Crippen LogP contribution in [-0.2, 0) is 0 Å². The summed E-state index contributed by atoms with van der Waals surface area (Å²) in [5.74, 6) is 0.504. The average Bonchev–Trinajstić information content (AvgIpc) is 3.01. The average molecular weight is 274 g/mol. The summed E-state index contributed by atoms with van der Waals surface area (Å²) in [5, 5.41) is 10.0. The van der Waals surface area contributed by atoms with Gasteiger partial charge in [-0.1, -0.05) is 6.92 Å². The third-order valence-electron chi connectivity index (χ3n) is 2.68. The number of hydrogen-bond acceptors (Lipinski definition) is 5. The van der Waals surface area contributed by atoms with Gasteiger partial charge in [-0.25, -0.2) is 14.6 Å². The van der Waals surface area contributed by atoms with E-state index in [9.17, 15) is 4.79 Å². The Labute approximate surface area is 117 Å². The molecule has 2 aromatic heterocycles. The fourth-order valence-corrected chi connectivity index (χ4v) is 1.65. The Bertz CT molecular complexity index is 522. The van der Waals surface area contributed by atoms with E-state index in [4.69, 9.17) is 0 Å². The van der Waals surface area contributed by atoms with Crippen molar-refractivity contribution in [3.05, 3.63) is 36.5 Å². The zero-order valence-corrected chi connectivity index (χ0v) is 11.4. The molecular formula is C13H18N6O. The van der Waals surface area contributed by atoms with Gasteiger partial charge in [0.2, 0.25) is 0 Å². The van der Waals surface area contributed by atoms with E-state index in [0.29, 0.717) is 17.9 Å². The molecule has 2 rings (SSSR count). The number of pyridine rings is 1. The Morgan fingerprint density at radius 2 is 2.20 bits per heavy atom. The normalized spacial score (nSPS) is 10.4. The first-order chi connectivity index (χ1) is 9.81. The van der Waals surface area contributed by atoms with Crippen molar-refractivity contribution in [3.8, 4) is 5.82 Å². The minimum absolute atomic E-state index is 0.124. The number of rotatable bonds is 7. The molecule has 1 amide bonds. The van der Waals surface area contributed by atoms with Crippen LogP contribution in [0.25, 0.3) is 5.82 Å². The highest BCUT2D eigenvalue weighted by molar-refractivity contribution is 5.93. The monoisotopic (exact) mass is 274 g/mol. The van der Waals surface area contributed by atoms with Crippen molar-refractivity contribution in [3.63, 3.8) is 0 Å². The van der Waals surface area contributed by atoms with Crippen LogP contribution in [0.1, 0.15) is 23.7 Å². The maximum Gasteiger partial charge on any atom is 0.252 e. The molecule has 0 saturated carbocycles. The summed E-state index contributed by atoms with van der Waals surface area (Å²) in [7, 11) is 0. The van der Waals surface area contributed by atoms with Crippen LogP contribution < -0.4 is 10.6 Å². The molecule has 0 bridgehead atoms. The van der Waals surface area contributed by atoms with Gasteiger partial charge >= 0.3 is 0 Å². The van der Waals surface area contributed by atoms with Crippen molar-refractivity contribution >= 4 is 5.91 Å². The maximum atomic E-state index is 11.9. The molecule has 2 aromatic rings. The van der Waals surface area contributed by atoms with Gasteiger partial charge in [0, 0.05) is 19.3 Å². The highest BCUT2D eigenvalue weighted by atomic mass is 16.1. The molecule has 0 fully saturated rings. The fourth-order valence-electron chi connectivity index (χ4n) is 1.65. The second kappa shape index (κ2) is 7.34. The van der Waals surface area contributed by atoms with Gasteiger partial charge in [0.15, 0.2) is 5.82 Å². The largest absolute Gasteiger partial charge is 0.351 e. The lowest BCUT2D eigenvalue weighted by Gasteiger charge is -2.06. The molecule has 0 unspecified atom stereocenters. The third-order valence-corrected chi connectivity index (χ3v) is 2.68. The van der Waals surface area contributed by atoms with Gasteiger partial charge in [0.25, 0.3) is 5.91 Å². The second-order valence-electron chi connectivity index (χ2n) is 4.25. The molecule has 7 nitrogen and oxygen atoms in total. The number of aromatic nitrogens is 4. The van der Waals surface area contributed by atoms with Gasteiger partial charge in [-0.05, 0) is 25.1 Å². The molecule has 20 heavy (non-hydrogen) atoms. The van der Waals surface area contributed by atoms with Crippen LogP contribution in [0.2, 0.25) is 0 Å². The minimum Gasteiger partial charge on any atom is -0.351 e. The highest BCUT2D eigenvalue weighted by Gasteiger charge is 2.06. The van der Waals surface area contributed by atoms with E-state index in [2.05, 4.69) is 32.6 Å². The molecule has 0 saturated heterocycles.